The maximum atomic E-state index is 11.2. The van der Waals surface area contributed by atoms with E-state index in [1.165, 1.54) is 0 Å². The lowest BCUT2D eigenvalue weighted by Crippen LogP contribution is -2.50. The van der Waals surface area contributed by atoms with E-state index in [0.717, 1.165) is 17.9 Å². The minimum Gasteiger partial charge on any atom is -0.370 e. The Morgan fingerprint density at radius 1 is 1.33 bits per heavy atom. The van der Waals surface area contributed by atoms with Gasteiger partial charge in [0.25, 0.3) is 0 Å². The molecule has 1 fully saturated rings. The summed E-state index contributed by atoms with van der Waals surface area (Å²) in [6.07, 6.45) is 1.76. The summed E-state index contributed by atoms with van der Waals surface area (Å²) in [6.45, 7) is 3.89. The standard InChI is InChI=1S/C12H16N4O2/c1-2-13-10-4-3-9(5-14-10)6-16-7-11(17)15-12(18)8-16/h3-5H,2,6-8H2,1H3,(H,13,14)(H,15,17,18). The number of nitrogens with zero attached hydrogens (tertiary/aromatic N) is 2. The molecule has 2 N–H and O–H groups in total. The highest BCUT2D eigenvalue weighted by atomic mass is 16.2. The third kappa shape index (κ3) is 3.27. The molecule has 2 amide bonds. The van der Waals surface area contributed by atoms with E-state index < -0.39 is 0 Å². The third-order valence-corrected chi connectivity index (χ3v) is 2.60. The van der Waals surface area contributed by atoms with E-state index in [1.807, 2.05) is 19.1 Å². The van der Waals surface area contributed by atoms with Crippen LogP contribution in [0.15, 0.2) is 18.3 Å². The van der Waals surface area contributed by atoms with Gasteiger partial charge in [-0.3, -0.25) is 19.8 Å². The first-order valence-electron chi connectivity index (χ1n) is 5.91. The monoisotopic (exact) mass is 248 g/mol. The second-order valence-electron chi connectivity index (χ2n) is 4.20. The maximum Gasteiger partial charge on any atom is 0.240 e. The zero-order valence-electron chi connectivity index (χ0n) is 10.3. The molecule has 0 atom stereocenters. The fourth-order valence-corrected chi connectivity index (χ4v) is 1.87. The van der Waals surface area contributed by atoms with Gasteiger partial charge in [-0.1, -0.05) is 6.07 Å². The van der Waals surface area contributed by atoms with Gasteiger partial charge in [0, 0.05) is 19.3 Å². The molecule has 18 heavy (non-hydrogen) atoms. The van der Waals surface area contributed by atoms with Gasteiger partial charge in [-0.2, -0.15) is 0 Å². The maximum absolute atomic E-state index is 11.2. The number of rotatable bonds is 4. The molecule has 1 aliphatic rings. The number of hydrogen-bond acceptors (Lipinski definition) is 5. The number of carbonyl (C=O) groups excluding carboxylic acids is 2. The molecule has 1 saturated heterocycles. The zero-order chi connectivity index (χ0) is 13.0. The number of piperazine rings is 1. The number of hydrogen-bond donors (Lipinski definition) is 2. The summed E-state index contributed by atoms with van der Waals surface area (Å²) in [4.78, 5) is 28.5. The van der Waals surface area contributed by atoms with Crippen LogP contribution in [0.4, 0.5) is 5.82 Å². The third-order valence-electron chi connectivity index (χ3n) is 2.60. The van der Waals surface area contributed by atoms with Crippen molar-refractivity contribution in [2.24, 2.45) is 0 Å². The predicted octanol–water partition coefficient (Wildman–Crippen LogP) is -0.0282. The van der Waals surface area contributed by atoms with Crippen LogP contribution in [0.25, 0.3) is 0 Å². The molecule has 0 aromatic carbocycles. The lowest BCUT2D eigenvalue weighted by Gasteiger charge is -2.25. The summed E-state index contributed by atoms with van der Waals surface area (Å²) >= 11 is 0. The molecule has 0 spiro atoms. The number of amides is 2. The van der Waals surface area contributed by atoms with E-state index in [9.17, 15) is 9.59 Å². The van der Waals surface area contributed by atoms with Crippen molar-refractivity contribution in [3.8, 4) is 0 Å². The SMILES string of the molecule is CCNc1ccc(CN2CC(=O)NC(=O)C2)cn1. The Morgan fingerprint density at radius 3 is 2.61 bits per heavy atom. The molecule has 0 radical (unpaired) electrons. The molecule has 0 unspecified atom stereocenters. The highest BCUT2D eigenvalue weighted by Crippen LogP contribution is 2.08. The van der Waals surface area contributed by atoms with Crippen molar-refractivity contribution >= 4 is 17.6 Å². The quantitative estimate of drug-likeness (QED) is 0.732. The van der Waals surface area contributed by atoms with Crippen LogP contribution in [0, 0.1) is 0 Å². The van der Waals surface area contributed by atoms with Crippen molar-refractivity contribution < 1.29 is 9.59 Å². The Kier molecular flexibility index (Phi) is 3.88. The van der Waals surface area contributed by atoms with Crippen LogP contribution >= 0.6 is 0 Å². The molecule has 6 heteroatoms. The lowest BCUT2D eigenvalue weighted by molar-refractivity contribution is -0.136. The van der Waals surface area contributed by atoms with E-state index >= 15 is 0 Å². The van der Waals surface area contributed by atoms with E-state index in [1.54, 1.807) is 11.1 Å². The van der Waals surface area contributed by atoms with Gasteiger partial charge in [-0.25, -0.2) is 4.98 Å². The topological polar surface area (TPSA) is 74.3 Å². The van der Waals surface area contributed by atoms with Gasteiger partial charge in [0.05, 0.1) is 13.1 Å². The fraction of sp³-hybridized carbons (Fsp3) is 0.417. The molecule has 0 saturated carbocycles. The van der Waals surface area contributed by atoms with E-state index in [0.29, 0.717) is 6.54 Å². The largest absolute Gasteiger partial charge is 0.370 e. The Balaban J connectivity index is 1.96. The van der Waals surface area contributed by atoms with Gasteiger partial charge in [-0.05, 0) is 18.6 Å². The molecule has 0 aliphatic carbocycles. The summed E-state index contributed by atoms with van der Waals surface area (Å²) in [6, 6.07) is 3.84. The van der Waals surface area contributed by atoms with E-state index in [4.69, 9.17) is 0 Å². The van der Waals surface area contributed by atoms with Crippen LogP contribution in [-0.4, -0.2) is 41.3 Å². The Morgan fingerprint density at radius 2 is 2.06 bits per heavy atom. The molecule has 6 nitrogen and oxygen atoms in total. The molecular formula is C12H16N4O2. The molecule has 0 bridgehead atoms. The normalized spacial score (nSPS) is 16.5. The van der Waals surface area contributed by atoms with Gasteiger partial charge >= 0.3 is 0 Å². The first-order valence-corrected chi connectivity index (χ1v) is 5.91. The van der Waals surface area contributed by atoms with Gasteiger partial charge < -0.3 is 5.32 Å². The average Bonchev–Trinajstić information content (AvgIpc) is 2.31. The number of anilines is 1. The number of aromatic nitrogens is 1. The molecule has 2 heterocycles. The second-order valence-corrected chi connectivity index (χ2v) is 4.20. The Labute approximate surface area is 105 Å². The van der Waals surface area contributed by atoms with Crippen LogP contribution in [0.5, 0.6) is 0 Å². The summed E-state index contributed by atoms with van der Waals surface area (Å²) < 4.78 is 0. The van der Waals surface area contributed by atoms with Crippen molar-refractivity contribution in [3.05, 3.63) is 23.9 Å². The fourth-order valence-electron chi connectivity index (χ4n) is 1.87. The van der Waals surface area contributed by atoms with Crippen molar-refractivity contribution in [2.45, 2.75) is 13.5 Å². The van der Waals surface area contributed by atoms with Crippen molar-refractivity contribution in [1.82, 2.24) is 15.2 Å². The summed E-state index contributed by atoms with van der Waals surface area (Å²) in [5, 5.41) is 5.39. The van der Waals surface area contributed by atoms with Gasteiger partial charge in [0.2, 0.25) is 11.8 Å². The van der Waals surface area contributed by atoms with Crippen molar-refractivity contribution in [2.75, 3.05) is 25.0 Å². The van der Waals surface area contributed by atoms with Crippen LogP contribution in [0.2, 0.25) is 0 Å². The van der Waals surface area contributed by atoms with Crippen molar-refractivity contribution in [1.29, 1.82) is 0 Å². The van der Waals surface area contributed by atoms with Crippen LogP contribution in [0.1, 0.15) is 12.5 Å². The lowest BCUT2D eigenvalue weighted by atomic mass is 10.2. The number of carbonyl (C=O) groups is 2. The molecule has 2 rings (SSSR count). The number of imide groups is 1. The second kappa shape index (κ2) is 5.59. The van der Waals surface area contributed by atoms with Crippen molar-refractivity contribution in [3.63, 3.8) is 0 Å². The highest BCUT2D eigenvalue weighted by Gasteiger charge is 2.22. The number of pyridine rings is 1. The summed E-state index contributed by atoms with van der Waals surface area (Å²) in [7, 11) is 0. The van der Waals surface area contributed by atoms with Gasteiger partial charge in [0.1, 0.15) is 5.82 Å². The van der Waals surface area contributed by atoms with Gasteiger partial charge in [-0.15, -0.1) is 0 Å². The Bertz CT molecular complexity index is 428. The van der Waals surface area contributed by atoms with E-state index in [-0.39, 0.29) is 24.9 Å². The summed E-state index contributed by atoms with van der Waals surface area (Å²) in [5.41, 5.74) is 0.985. The zero-order valence-corrected chi connectivity index (χ0v) is 10.3. The van der Waals surface area contributed by atoms with E-state index in [2.05, 4.69) is 15.6 Å². The minimum absolute atomic E-state index is 0.247. The van der Waals surface area contributed by atoms with Crippen LogP contribution in [-0.2, 0) is 16.1 Å². The predicted molar refractivity (Wildman–Crippen MR) is 66.8 cm³/mol. The van der Waals surface area contributed by atoms with Crippen LogP contribution in [0.3, 0.4) is 0 Å². The smallest absolute Gasteiger partial charge is 0.240 e. The minimum atomic E-state index is -0.247. The molecule has 96 valence electrons. The summed E-state index contributed by atoms with van der Waals surface area (Å²) in [5.74, 6) is 0.334. The molecule has 1 aromatic heterocycles. The average molecular weight is 248 g/mol. The number of nitrogens with one attached hydrogen (secondary N) is 2. The Hall–Kier alpha value is -1.95. The first kappa shape index (κ1) is 12.5. The molecular weight excluding hydrogens is 232 g/mol. The van der Waals surface area contributed by atoms with Gasteiger partial charge in [0.15, 0.2) is 0 Å². The highest BCUT2D eigenvalue weighted by molar-refractivity contribution is 5.99. The molecule has 1 aliphatic heterocycles. The first-order chi connectivity index (χ1) is 8.67. The molecule has 1 aromatic rings. The van der Waals surface area contributed by atoms with Crippen LogP contribution < -0.4 is 10.6 Å².